The Kier molecular flexibility index (Phi) is 2.14. The van der Waals surface area contributed by atoms with Crippen LogP contribution in [0.3, 0.4) is 0 Å². The van der Waals surface area contributed by atoms with Crippen LogP contribution in [-0.2, 0) is 5.67 Å². The van der Waals surface area contributed by atoms with E-state index in [0.29, 0.717) is 24.0 Å². The first kappa shape index (κ1) is 9.38. The number of hydrogen-bond donors (Lipinski definition) is 0. The Morgan fingerprint density at radius 3 is 2.50 bits per heavy atom. The van der Waals surface area contributed by atoms with Crippen LogP contribution in [0.2, 0.25) is 0 Å². The molecule has 0 aliphatic heterocycles. The van der Waals surface area contributed by atoms with Gasteiger partial charge in [0.25, 0.3) is 0 Å². The van der Waals surface area contributed by atoms with Crippen molar-refractivity contribution in [3.63, 3.8) is 0 Å². The molecule has 1 nitrogen and oxygen atoms in total. The highest BCUT2D eigenvalue weighted by Gasteiger charge is 2.40. The minimum absolute atomic E-state index is 0.0514. The van der Waals surface area contributed by atoms with E-state index < -0.39 is 5.67 Å². The minimum Gasteiger partial charge on any atom is -0.294 e. The summed E-state index contributed by atoms with van der Waals surface area (Å²) in [5.74, 6) is -0.0514. The zero-order valence-corrected chi connectivity index (χ0v) is 8.22. The minimum atomic E-state index is -1.23. The third-order valence-corrected chi connectivity index (χ3v) is 2.94. The van der Waals surface area contributed by atoms with Crippen LogP contribution in [0, 0.1) is 0 Å². The summed E-state index contributed by atoms with van der Waals surface area (Å²) in [5.41, 5.74) is -0.115. The fourth-order valence-electron chi connectivity index (χ4n) is 1.94. The molecule has 2 heteroatoms. The molecule has 0 bridgehead atoms. The van der Waals surface area contributed by atoms with Gasteiger partial charge in [0.15, 0.2) is 5.78 Å². The Balaban J connectivity index is 2.46. The first-order chi connectivity index (χ1) is 6.63. The number of rotatable bonds is 2. The van der Waals surface area contributed by atoms with Crippen LogP contribution in [0.25, 0.3) is 0 Å². The van der Waals surface area contributed by atoms with Gasteiger partial charge in [-0.2, -0.15) is 0 Å². The average Bonchev–Trinajstić information content (AvgIpc) is 2.14. The van der Waals surface area contributed by atoms with E-state index >= 15 is 0 Å². The van der Waals surface area contributed by atoms with Crippen LogP contribution in [0.15, 0.2) is 24.3 Å². The van der Waals surface area contributed by atoms with Crippen molar-refractivity contribution in [1.29, 1.82) is 0 Å². The number of benzene rings is 1. The summed E-state index contributed by atoms with van der Waals surface area (Å²) in [4.78, 5) is 11.3. The maximum absolute atomic E-state index is 14.1. The lowest BCUT2D eigenvalue weighted by molar-refractivity contribution is 0.0591. The summed E-state index contributed by atoms with van der Waals surface area (Å²) in [5, 5.41) is 0. The largest absolute Gasteiger partial charge is 0.294 e. The van der Waals surface area contributed by atoms with Gasteiger partial charge in [-0.05, 0) is 31.7 Å². The third-order valence-electron chi connectivity index (χ3n) is 2.94. The predicted octanol–water partition coefficient (Wildman–Crippen LogP) is 3.24. The van der Waals surface area contributed by atoms with E-state index in [1.807, 2.05) is 0 Å². The fraction of sp³-hybridized carbons (Fsp3) is 0.417. The van der Waals surface area contributed by atoms with Crippen LogP contribution in [0.1, 0.15) is 42.1 Å². The lowest BCUT2D eigenvalue weighted by atomic mass is 9.75. The van der Waals surface area contributed by atoms with Gasteiger partial charge in [0, 0.05) is 5.56 Å². The van der Waals surface area contributed by atoms with Gasteiger partial charge in [0.2, 0.25) is 0 Å². The number of carbonyl (C=O) groups is 1. The molecule has 74 valence electrons. The fourth-order valence-corrected chi connectivity index (χ4v) is 1.94. The third kappa shape index (κ3) is 1.35. The summed E-state index contributed by atoms with van der Waals surface area (Å²) in [6, 6.07) is 7.01. The normalized spacial score (nSPS) is 18.7. The molecule has 1 aromatic carbocycles. The highest BCUT2D eigenvalue weighted by Crippen LogP contribution is 2.46. The zero-order valence-electron chi connectivity index (χ0n) is 8.22. The van der Waals surface area contributed by atoms with Crippen molar-refractivity contribution in [3.8, 4) is 0 Å². The molecule has 0 saturated heterocycles. The summed E-state index contributed by atoms with van der Waals surface area (Å²) in [6.45, 7) is 1.49. The van der Waals surface area contributed by atoms with E-state index in [4.69, 9.17) is 0 Å². The molecular formula is C12H13FO. The number of ketones is 1. The van der Waals surface area contributed by atoms with Crippen LogP contribution in [-0.4, -0.2) is 5.78 Å². The van der Waals surface area contributed by atoms with Gasteiger partial charge in [-0.3, -0.25) is 4.79 Å². The average molecular weight is 192 g/mol. The van der Waals surface area contributed by atoms with E-state index in [1.165, 1.54) is 6.92 Å². The van der Waals surface area contributed by atoms with Crippen molar-refractivity contribution >= 4 is 5.78 Å². The van der Waals surface area contributed by atoms with Gasteiger partial charge >= 0.3 is 0 Å². The first-order valence-corrected chi connectivity index (χ1v) is 4.93. The van der Waals surface area contributed by atoms with Gasteiger partial charge < -0.3 is 0 Å². The molecular weight excluding hydrogens is 179 g/mol. The molecule has 0 aromatic heterocycles. The van der Waals surface area contributed by atoms with Crippen molar-refractivity contribution in [1.82, 2.24) is 0 Å². The Morgan fingerprint density at radius 2 is 2.00 bits per heavy atom. The van der Waals surface area contributed by atoms with Crippen molar-refractivity contribution in [2.24, 2.45) is 0 Å². The summed E-state index contributed by atoms with van der Waals surface area (Å²) in [6.07, 6.45) is 2.03. The van der Waals surface area contributed by atoms with E-state index in [-0.39, 0.29) is 5.78 Å². The lowest BCUT2D eigenvalue weighted by Gasteiger charge is -2.35. The van der Waals surface area contributed by atoms with Gasteiger partial charge in [0.1, 0.15) is 5.67 Å². The monoisotopic (exact) mass is 192 g/mol. The molecule has 0 spiro atoms. The van der Waals surface area contributed by atoms with Gasteiger partial charge in [-0.1, -0.05) is 24.3 Å². The second-order valence-electron chi connectivity index (χ2n) is 3.92. The van der Waals surface area contributed by atoms with E-state index in [1.54, 1.807) is 24.3 Å². The standard InChI is InChI=1S/C12H13FO/c1-9(14)10-5-2-3-6-11(10)12(13)7-4-8-12/h2-3,5-6H,4,7-8H2,1H3. The second-order valence-corrected chi connectivity index (χ2v) is 3.92. The Labute approximate surface area is 82.9 Å². The van der Waals surface area contributed by atoms with E-state index in [0.717, 1.165) is 6.42 Å². The molecule has 1 aliphatic rings. The highest BCUT2D eigenvalue weighted by atomic mass is 19.1. The van der Waals surface area contributed by atoms with Gasteiger partial charge in [-0.15, -0.1) is 0 Å². The number of halogens is 1. The molecule has 1 saturated carbocycles. The zero-order chi connectivity index (χ0) is 10.2. The van der Waals surface area contributed by atoms with Gasteiger partial charge in [-0.25, -0.2) is 4.39 Å². The summed E-state index contributed by atoms with van der Waals surface area (Å²) < 4.78 is 14.1. The molecule has 0 unspecified atom stereocenters. The first-order valence-electron chi connectivity index (χ1n) is 4.93. The molecule has 1 aromatic rings. The molecule has 2 rings (SSSR count). The molecule has 0 atom stereocenters. The number of carbonyl (C=O) groups excluding carboxylic acids is 1. The Morgan fingerprint density at radius 1 is 1.36 bits per heavy atom. The van der Waals surface area contributed by atoms with Gasteiger partial charge in [0.05, 0.1) is 0 Å². The molecule has 0 heterocycles. The Hall–Kier alpha value is -1.18. The lowest BCUT2D eigenvalue weighted by Crippen LogP contribution is -2.30. The van der Waals surface area contributed by atoms with Crippen molar-refractivity contribution in [2.75, 3.05) is 0 Å². The molecule has 14 heavy (non-hydrogen) atoms. The SMILES string of the molecule is CC(=O)c1ccccc1C1(F)CCC1. The molecule has 1 fully saturated rings. The topological polar surface area (TPSA) is 17.1 Å². The summed E-state index contributed by atoms with van der Waals surface area (Å²) >= 11 is 0. The van der Waals surface area contributed by atoms with Crippen LogP contribution in [0.4, 0.5) is 4.39 Å². The molecule has 0 radical (unpaired) electrons. The Bertz CT molecular complexity index is 366. The molecule has 0 amide bonds. The quantitative estimate of drug-likeness (QED) is 0.657. The summed E-state index contributed by atoms with van der Waals surface area (Å²) in [7, 11) is 0. The molecule has 0 N–H and O–H groups in total. The maximum Gasteiger partial charge on any atom is 0.160 e. The van der Waals surface area contributed by atoms with E-state index in [2.05, 4.69) is 0 Å². The van der Waals surface area contributed by atoms with Crippen molar-refractivity contribution in [3.05, 3.63) is 35.4 Å². The number of alkyl halides is 1. The molecule has 1 aliphatic carbocycles. The van der Waals surface area contributed by atoms with Crippen LogP contribution >= 0.6 is 0 Å². The van der Waals surface area contributed by atoms with E-state index in [9.17, 15) is 9.18 Å². The van der Waals surface area contributed by atoms with Crippen molar-refractivity contribution in [2.45, 2.75) is 31.9 Å². The number of hydrogen-bond acceptors (Lipinski definition) is 1. The van der Waals surface area contributed by atoms with Crippen LogP contribution < -0.4 is 0 Å². The predicted molar refractivity (Wildman–Crippen MR) is 53.1 cm³/mol. The number of Topliss-reactive ketones (excluding diaryl/α,β-unsaturated/α-hetero) is 1. The van der Waals surface area contributed by atoms with Crippen LogP contribution in [0.5, 0.6) is 0 Å². The maximum atomic E-state index is 14.1. The second kappa shape index (κ2) is 3.19. The van der Waals surface area contributed by atoms with Crippen molar-refractivity contribution < 1.29 is 9.18 Å². The highest BCUT2D eigenvalue weighted by molar-refractivity contribution is 5.95. The smallest absolute Gasteiger partial charge is 0.160 e.